The molecule has 2 aromatic heterocycles. The van der Waals surface area contributed by atoms with E-state index in [1.165, 1.54) is 4.68 Å². The summed E-state index contributed by atoms with van der Waals surface area (Å²) in [5.41, 5.74) is 0.348. The highest BCUT2D eigenvalue weighted by molar-refractivity contribution is 5.96. The van der Waals surface area contributed by atoms with E-state index in [1.54, 1.807) is 29.0 Å². The molecule has 1 atom stereocenters. The fraction of sp³-hybridized carbons (Fsp3) is 0.600. The van der Waals surface area contributed by atoms with Crippen molar-refractivity contribution in [3.05, 3.63) is 28.8 Å². The lowest BCUT2D eigenvalue weighted by molar-refractivity contribution is -0.123. The second-order valence-corrected chi connectivity index (χ2v) is 6.89. The Bertz CT molecular complexity index is 780. The highest BCUT2D eigenvalue weighted by atomic mass is 16.4. The first-order valence-corrected chi connectivity index (χ1v) is 7.67. The third-order valence-corrected chi connectivity index (χ3v) is 3.92. The lowest BCUT2D eigenvalue weighted by atomic mass is 9.97. The van der Waals surface area contributed by atoms with Gasteiger partial charge >= 0.3 is 5.76 Å². The Morgan fingerprint density at radius 3 is 2.61 bits per heavy atom. The van der Waals surface area contributed by atoms with Crippen molar-refractivity contribution < 1.29 is 9.21 Å². The zero-order valence-corrected chi connectivity index (χ0v) is 13.8. The van der Waals surface area contributed by atoms with Gasteiger partial charge in [0.1, 0.15) is 6.04 Å². The van der Waals surface area contributed by atoms with Gasteiger partial charge in [0.15, 0.2) is 0 Å². The maximum Gasteiger partial charge on any atom is 0.437 e. The van der Waals surface area contributed by atoms with Crippen LogP contribution in [0, 0.1) is 0 Å². The molecule has 0 unspecified atom stereocenters. The Kier molecular flexibility index (Phi) is 3.62. The third-order valence-electron chi connectivity index (χ3n) is 3.92. The summed E-state index contributed by atoms with van der Waals surface area (Å²) in [5.74, 6) is -0.393. The molecule has 0 N–H and O–H groups in total. The quantitative estimate of drug-likeness (QED) is 0.831. The highest BCUT2D eigenvalue weighted by Gasteiger charge is 2.35. The average Bonchev–Trinajstić information content (AvgIpc) is 3.05. The van der Waals surface area contributed by atoms with E-state index in [4.69, 9.17) is 4.42 Å². The molecule has 1 aliphatic heterocycles. The number of amides is 1. The lowest BCUT2D eigenvalue weighted by Crippen LogP contribution is -2.44. The van der Waals surface area contributed by atoms with Gasteiger partial charge < -0.3 is 9.32 Å². The number of hydrogen-bond donors (Lipinski definition) is 0. The minimum absolute atomic E-state index is 0.153. The van der Waals surface area contributed by atoms with Gasteiger partial charge in [-0.05, 0) is 12.8 Å². The molecule has 1 saturated heterocycles. The van der Waals surface area contributed by atoms with E-state index in [0.717, 1.165) is 12.1 Å². The number of piperidine rings is 1. The first-order chi connectivity index (χ1) is 10.8. The lowest BCUT2D eigenvalue weighted by Gasteiger charge is -2.30. The summed E-state index contributed by atoms with van der Waals surface area (Å²) in [7, 11) is 1.80. The van der Waals surface area contributed by atoms with Gasteiger partial charge in [-0.2, -0.15) is 9.78 Å². The second kappa shape index (κ2) is 5.36. The number of hydrogen-bond acceptors (Lipinski definition) is 5. The predicted molar refractivity (Wildman–Crippen MR) is 83.3 cm³/mol. The number of rotatable bonds is 2. The van der Waals surface area contributed by atoms with Crippen LogP contribution in [-0.4, -0.2) is 32.0 Å². The Morgan fingerprint density at radius 2 is 2.04 bits per heavy atom. The van der Waals surface area contributed by atoms with Crippen LogP contribution in [0.5, 0.6) is 0 Å². The van der Waals surface area contributed by atoms with Crippen molar-refractivity contribution in [1.29, 1.82) is 0 Å². The number of carbonyl (C=O) groups excluding carboxylic acids is 1. The molecular weight excluding hydrogens is 298 g/mol. The molecule has 0 radical (unpaired) electrons. The van der Waals surface area contributed by atoms with Crippen molar-refractivity contribution in [2.45, 2.75) is 45.1 Å². The Balaban J connectivity index is 1.93. The topological polar surface area (TPSA) is 86.2 Å². The number of nitrogens with zero attached hydrogens (tertiary/aromatic N) is 5. The van der Waals surface area contributed by atoms with Gasteiger partial charge in [0.05, 0.1) is 11.9 Å². The van der Waals surface area contributed by atoms with Crippen LogP contribution < -0.4 is 10.7 Å². The number of anilines is 1. The van der Waals surface area contributed by atoms with Crippen molar-refractivity contribution >= 4 is 11.6 Å². The van der Waals surface area contributed by atoms with E-state index in [1.807, 2.05) is 20.8 Å². The normalized spacial score (nSPS) is 19.4. The molecule has 0 aliphatic carbocycles. The number of aromatic nitrogens is 4. The van der Waals surface area contributed by atoms with Crippen LogP contribution in [0.4, 0.5) is 5.69 Å². The van der Waals surface area contributed by atoms with E-state index in [2.05, 4.69) is 10.2 Å². The zero-order chi connectivity index (χ0) is 16.8. The maximum atomic E-state index is 12.8. The molecule has 1 fully saturated rings. The van der Waals surface area contributed by atoms with Crippen LogP contribution in [0.3, 0.4) is 0 Å². The fourth-order valence-electron chi connectivity index (χ4n) is 2.68. The van der Waals surface area contributed by atoms with Gasteiger partial charge in [0.2, 0.25) is 5.89 Å². The summed E-state index contributed by atoms with van der Waals surface area (Å²) >= 11 is 0. The minimum Gasteiger partial charge on any atom is -0.392 e. The van der Waals surface area contributed by atoms with Crippen molar-refractivity contribution in [3.63, 3.8) is 0 Å². The second-order valence-electron chi connectivity index (χ2n) is 6.89. The smallest absolute Gasteiger partial charge is 0.392 e. The molecule has 8 nitrogen and oxygen atoms in total. The molecule has 0 bridgehead atoms. The SMILES string of the molecule is Cn1cc(N2CCC[C@@H](n3nc(C(C)(C)C)oc3=O)C2=O)cn1. The highest BCUT2D eigenvalue weighted by Crippen LogP contribution is 2.27. The summed E-state index contributed by atoms with van der Waals surface area (Å²) in [6.45, 7) is 6.34. The molecule has 8 heteroatoms. The van der Waals surface area contributed by atoms with Crippen molar-refractivity contribution in [3.8, 4) is 0 Å². The first kappa shape index (κ1) is 15.5. The van der Waals surface area contributed by atoms with E-state index in [0.29, 0.717) is 18.9 Å². The molecule has 3 rings (SSSR count). The van der Waals surface area contributed by atoms with Gasteiger partial charge in [-0.25, -0.2) is 4.79 Å². The Morgan fingerprint density at radius 1 is 1.30 bits per heavy atom. The molecule has 124 valence electrons. The zero-order valence-electron chi connectivity index (χ0n) is 13.8. The summed E-state index contributed by atoms with van der Waals surface area (Å²) < 4.78 is 8.07. The van der Waals surface area contributed by atoms with Crippen molar-refractivity contribution in [2.24, 2.45) is 7.05 Å². The minimum atomic E-state index is -0.628. The number of aryl methyl sites for hydroxylation is 1. The maximum absolute atomic E-state index is 12.8. The monoisotopic (exact) mass is 319 g/mol. The third kappa shape index (κ3) is 2.80. The van der Waals surface area contributed by atoms with Crippen LogP contribution in [0.1, 0.15) is 45.5 Å². The van der Waals surface area contributed by atoms with Gasteiger partial charge in [-0.3, -0.25) is 9.48 Å². The predicted octanol–water partition coefficient (Wildman–Crippen LogP) is 1.24. The van der Waals surface area contributed by atoms with Gasteiger partial charge in [0.25, 0.3) is 5.91 Å². The van der Waals surface area contributed by atoms with E-state index < -0.39 is 11.8 Å². The van der Waals surface area contributed by atoms with Crippen LogP contribution in [0.15, 0.2) is 21.6 Å². The van der Waals surface area contributed by atoms with Crippen LogP contribution in [0.2, 0.25) is 0 Å². The number of carbonyl (C=O) groups is 1. The molecule has 0 spiro atoms. The van der Waals surface area contributed by atoms with E-state index in [-0.39, 0.29) is 11.3 Å². The fourth-order valence-corrected chi connectivity index (χ4v) is 2.68. The van der Waals surface area contributed by atoms with Crippen LogP contribution in [0.25, 0.3) is 0 Å². The molecule has 3 heterocycles. The molecular formula is C15H21N5O3. The van der Waals surface area contributed by atoms with Crippen LogP contribution >= 0.6 is 0 Å². The molecule has 0 saturated carbocycles. The largest absolute Gasteiger partial charge is 0.437 e. The molecule has 2 aromatic rings. The molecule has 1 amide bonds. The van der Waals surface area contributed by atoms with Gasteiger partial charge in [0, 0.05) is 25.2 Å². The average molecular weight is 319 g/mol. The Labute approximate surface area is 133 Å². The summed E-state index contributed by atoms with van der Waals surface area (Å²) in [6.07, 6.45) is 4.79. The van der Waals surface area contributed by atoms with Crippen molar-refractivity contribution in [1.82, 2.24) is 19.6 Å². The standard InChI is InChI=1S/C15H21N5O3/c1-15(2,3)13-17-20(14(22)23-13)11-6-5-7-19(12(11)21)10-8-16-18(4)9-10/h8-9,11H,5-7H2,1-4H3/t11-/m1/s1. The molecule has 23 heavy (non-hydrogen) atoms. The van der Waals surface area contributed by atoms with Crippen LogP contribution in [-0.2, 0) is 17.3 Å². The molecule has 1 aliphatic rings. The summed E-state index contributed by atoms with van der Waals surface area (Å²) in [5, 5.41) is 8.36. The van der Waals surface area contributed by atoms with E-state index >= 15 is 0 Å². The van der Waals surface area contributed by atoms with Gasteiger partial charge in [-0.15, -0.1) is 5.10 Å². The summed E-state index contributed by atoms with van der Waals surface area (Å²) in [6, 6.07) is -0.628. The van der Waals surface area contributed by atoms with Gasteiger partial charge in [-0.1, -0.05) is 20.8 Å². The summed E-state index contributed by atoms with van der Waals surface area (Å²) in [4.78, 5) is 26.6. The van der Waals surface area contributed by atoms with E-state index in [9.17, 15) is 9.59 Å². The molecule has 0 aromatic carbocycles. The van der Waals surface area contributed by atoms with Crippen molar-refractivity contribution in [2.75, 3.05) is 11.4 Å². The first-order valence-electron chi connectivity index (χ1n) is 7.67. The Hall–Kier alpha value is -2.38.